The van der Waals surface area contributed by atoms with Gasteiger partial charge in [0, 0.05) is 16.9 Å². The van der Waals surface area contributed by atoms with Crippen molar-refractivity contribution >= 4 is 52.5 Å². The number of aryl methyl sites for hydroxylation is 1. The number of anilines is 2. The molecule has 8 heteroatoms. The minimum absolute atomic E-state index is 0.105. The fourth-order valence-corrected chi connectivity index (χ4v) is 3.08. The highest BCUT2D eigenvalue weighted by atomic mass is 35.5. The van der Waals surface area contributed by atoms with Gasteiger partial charge in [-0.2, -0.15) is 5.26 Å². The average molecular weight is 480 g/mol. The summed E-state index contributed by atoms with van der Waals surface area (Å²) < 4.78 is 5.62. The largest absolute Gasteiger partial charge is 0.483 e. The highest BCUT2D eigenvalue weighted by molar-refractivity contribution is 6.42. The smallest absolute Gasteiger partial charge is 0.266 e. The Kier molecular flexibility index (Phi) is 8.09. The van der Waals surface area contributed by atoms with Gasteiger partial charge in [-0.1, -0.05) is 59.1 Å². The fraction of sp³-hybridized carbons (Fsp3) is 0.0800. The normalized spacial score (nSPS) is 10.8. The van der Waals surface area contributed by atoms with Gasteiger partial charge in [-0.25, -0.2) is 0 Å². The van der Waals surface area contributed by atoms with Gasteiger partial charge in [0.1, 0.15) is 17.4 Å². The number of carbonyl (C=O) groups is 2. The second kappa shape index (κ2) is 11.2. The summed E-state index contributed by atoms with van der Waals surface area (Å²) in [5.74, 6) is -0.615. The molecular formula is C25H19Cl2N3O3. The van der Waals surface area contributed by atoms with E-state index in [1.165, 1.54) is 12.1 Å². The number of amides is 2. The third kappa shape index (κ3) is 6.84. The van der Waals surface area contributed by atoms with E-state index in [0.29, 0.717) is 32.7 Å². The minimum Gasteiger partial charge on any atom is -0.483 e. The topological polar surface area (TPSA) is 91.2 Å². The molecule has 0 aliphatic carbocycles. The number of nitrogens with one attached hydrogen (secondary N) is 2. The molecule has 0 fully saturated rings. The molecule has 3 rings (SSSR count). The lowest BCUT2D eigenvalue weighted by Crippen LogP contribution is -2.20. The summed E-state index contributed by atoms with van der Waals surface area (Å²) in [6.07, 6.45) is 1.41. The Labute approximate surface area is 201 Å². The Balaban J connectivity index is 1.69. The molecule has 0 atom stereocenters. The molecular weight excluding hydrogens is 461 g/mol. The third-order valence-electron chi connectivity index (χ3n) is 4.46. The lowest BCUT2D eigenvalue weighted by Gasteiger charge is -2.11. The van der Waals surface area contributed by atoms with E-state index in [-0.39, 0.29) is 12.2 Å². The molecule has 0 unspecified atom stereocenters. The number of hydrogen-bond donors (Lipinski definition) is 2. The number of carbonyl (C=O) groups excluding carboxylic acids is 2. The van der Waals surface area contributed by atoms with Crippen LogP contribution in [-0.2, 0) is 9.59 Å². The first-order valence-corrected chi connectivity index (χ1v) is 10.6. The van der Waals surface area contributed by atoms with E-state index in [1.54, 1.807) is 48.5 Å². The molecule has 33 heavy (non-hydrogen) atoms. The molecule has 0 bridgehead atoms. The van der Waals surface area contributed by atoms with E-state index in [4.69, 9.17) is 27.9 Å². The van der Waals surface area contributed by atoms with Crippen molar-refractivity contribution in [2.75, 3.05) is 17.2 Å². The number of hydrogen-bond acceptors (Lipinski definition) is 4. The lowest BCUT2D eigenvalue weighted by atomic mass is 10.1. The number of halogens is 2. The second-order valence-electron chi connectivity index (χ2n) is 6.99. The molecule has 2 amide bonds. The molecule has 0 aromatic heterocycles. The molecule has 3 aromatic rings. The predicted molar refractivity (Wildman–Crippen MR) is 130 cm³/mol. The lowest BCUT2D eigenvalue weighted by molar-refractivity contribution is -0.118. The van der Waals surface area contributed by atoms with Crippen LogP contribution in [0, 0.1) is 18.3 Å². The number of nitrogens with zero attached hydrogens (tertiary/aromatic N) is 1. The van der Waals surface area contributed by atoms with Crippen molar-refractivity contribution in [2.45, 2.75) is 6.92 Å². The molecule has 0 spiro atoms. The maximum Gasteiger partial charge on any atom is 0.266 e. The molecule has 0 aliphatic heterocycles. The number of para-hydroxylation sites is 1. The molecule has 0 heterocycles. The molecule has 0 radical (unpaired) electrons. The van der Waals surface area contributed by atoms with Gasteiger partial charge in [0.15, 0.2) is 6.61 Å². The Morgan fingerprint density at radius 1 is 0.970 bits per heavy atom. The standard InChI is InChI=1S/C25H19Cl2N3O3/c1-16-6-8-19(9-7-16)30-25(32)18(14-28)12-17-4-2-3-5-23(17)33-15-24(31)29-20-10-11-21(26)22(27)13-20/h2-13H,15H2,1H3,(H,29,31)(H,30,32)/b18-12-. The minimum atomic E-state index is -0.548. The van der Waals surface area contributed by atoms with Crippen LogP contribution in [0.25, 0.3) is 6.08 Å². The Morgan fingerprint density at radius 3 is 2.36 bits per heavy atom. The fourth-order valence-electron chi connectivity index (χ4n) is 2.78. The molecule has 0 saturated carbocycles. The van der Waals surface area contributed by atoms with Crippen molar-refractivity contribution in [1.82, 2.24) is 0 Å². The van der Waals surface area contributed by atoms with E-state index in [9.17, 15) is 14.9 Å². The van der Waals surface area contributed by atoms with Crippen LogP contribution in [0.1, 0.15) is 11.1 Å². The monoisotopic (exact) mass is 479 g/mol. The molecule has 0 saturated heterocycles. The predicted octanol–water partition coefficient (Wildman–Crippen LogP) is 5.87. The number of ether oxygens (including phenoxy) is 1. The summed E-state index contributed by atoms with van der Waals surface area (Å²) in [5.41, 5.74) is 2.49. The van der Waals surface area contributed by atoms with E-state index in [2.05, 4.69) is 10.6 Å². The molecule has 166 valence electrons. The summed E-state index contributed by atoms with van der Waals surface area (Å²) >= 11 is 11.8. The summed E-state index contributed by atoms with van der Waals surface area (Å²) in [7, 11) is 0. The summed E-state index contributed by atoms with van der Waals surface area (Å²) in [5, 5.41) is 15.5. The van der Waals surface area contributed by atoms with Gasteiger partial charge < -0.3 is 15.4 Å². The second-order valence-corrected chi connectivity index (χ2v) is 7.81. The zero-order valence-corrected chi connectivity index (χ0v) is 19.1. The zero-order valence-electron chi connectivity index (χ0n) is 17.6. The molecule has 6 nitrogen and oxygen atoms in total. The highest BCUT2D eigenvalue weighted by Crippen LogP contribution is 2.25. The third-order valence-corrected chi connectivity index (χ3v) is 5.19. The van der Waals surface area contributed by atoms with Crippen LogP contribution in [0.15, 0.2) is 72.3 Å². The quantitative estimate of drug-likeness (QED) is 0.327. The van der Waals surface area contributed by atoms with Gasteiger partial charge in [-0.3, -0.25) is 9.59 Å². The maximum absolute atomic E-state index is 12.5. The van der Waals surface area contributed by atoms with Crippen LogP contribution >= 0.6 is 23.2 Å². The van der Waals surface area contributed by atoms with E-state index in [0.717, 1.165) is 5.56 Å². The van der Waals surface area contributed by atoms with Gasteiger partial charge in [0.2, 0.25) is 0 Å². The average Bonchev–Trinajstić information content (AvgIpc) is 2.80. The van der Waals surface area contributed by atoms with Crippen LogP contribution in [0.2, 0.25) is 10.0 Å². The molecule has 2 N–H and O–H groups in total. The van der Waals surface area contributed by atoms with Crippen molar-refractivity contribution in [3.05, 3.63) is 93.5 Å². The first-order valence-electron chi connectivity index (χ1n) is 9.82. The number of rotatable bonds is 7. The van der Waals surface area contributed by atoms with Crippen molar-refractivity contribution in [3.63, 3.8) is 0 Å². The Morgan fingerprint density at radius 2 is 1.67 bits per heavy atom. The highest BCUT2D eigenvalue weighted by Gasteiger charge is 2.12. The Bertz CT molecular complexity index is 1250. The van der Waals surface area contributed by atoms with Crippen molar-refractivity contribution < 1.29 is 14.3 Å². The van der Waals surface area contributed by atoms with Crippen LogP contribution in [-0.4, -0.2) is 18.4 Å². The van der Waals surface area contributed by atoms with Gasteiger partial charge in [-0.15, -0.1) is 0 Å². The first kappa shape index (κ1) is 23.9. The summed E-state index contributed by atoms with van der Waals surface area (Å²) in [6.45, 7) is 1.65. The van der Waals surface area contributed by atoms with Crippen molar-refractivity contribution in [3.8, 4) is 11.8 Å². The van der Waals surface area contributed by atoms with E-state index >= 15 is 0 Å². The first-order chi connectivity index (χ1) is 15.9. The summed E-state index contributed by atoms with van der Waals surface area (Å²) in [6, 6.07) is 20.7. The molecule has 0 aliphatic rings. The summed E-state index contributed by atoms with van der Waals surface area (Å²) in [4.78, 5) is 24.8. The SMILES string of the molecule is Cc1ccc(NC(=O)/C(C#N)=C\c2ccccc2OCC(=O)Nc2ccc(Cl)c(Cl)c2)cc1. The van der Waals surface area contributed by atoms with Crippen LogP contribution in [0.3, 0.4) is 0 Å². The van der Waals surface area contributed by atoms with Crippen molar-refractivity contribution in [1.29, 1.82) is 5.26 Å². The van der Waals surface area contributed by atoms with Gasteiger partial charge in [0.05, 0.1) is 10.0 Å². The van der Waals surface area contributed by atoms with Gasteiger partial charge >= 0.3 is 0 Å². The Hall–Kier alpha value is -3.79. The van der Waals surface area contributed by atoms with Crippen LogP contribution in [0.5, 0.6) is 5.75 Å². The van der Waals surface area contributed by atoms with Gasteiger partial charge in [0.25, 0.3) is 11.8 Å². The molecule has 3 aromatic carbocycles. The number of nitriles is 1. The van der Waals surface area contributed by atoms with Crippen LogP contribution < -0.4 is 15.4 Å². The maximum atomic E-state index is 12.5. The van der Waals surface area contributed by atoms with Gasteiger partial charge in [-0.05, 0) is 49.4 Å². The van der Waals surface area contributed by atoms with Crippen molar-refractivity contribution in [2.24, 2.45) is 0 Å². The zero-order chi connectivity index (χ0) is 23.8. The van der Waals surface area contributed by atoms with E-state index < -0.39 is 11.8 Å². The number of benzene rings is 3. The van der Waals surface area contributed by atoms with E-state index in [1.807, 2.05) is 25.1 Å². The van der Waals surface area contributed by atoms with Crippen LogP contribution in [0.4, 0.5) is 11.4 Å².